The summed E-state index contributed by atoms with van der Waals surface area (Å²) < 4.78 is 53.8. The summed E-state index contributed by atoms with van der Waals surface area (Å²) in [6.45, 7) is 8.29. The highest BCUT2D eigenvalue weighted by Crippen LogP contribution is 2.34. The maximum atomic E-state index is 13.4. The predicted octanol–water partition coefficient (Wildman–Crippen LogP) is 5.22. The molecule has 1 saturated heterocycles. The van der Waals surface area contributed by atoms with Gasteiger partial charge in [-0.2, -0.15) is 22.7 Å². The standard InChI is InChI=1S/C32H32ClF3N8O6.C2H6/c1-17-28(47)27(38-16-37-17)30(48)42-9-5-21(6-10-42)50-18(2)24-14-26(46)44-31(40-29(41-44)19-7-11-49-12-8-19)43(24)15-25(45)39-23-4-3-20(13-22(23)33)32(34,35)36;1-2/h3-4,7,13-14,16,18,21,47H,5-6,8-12,15H2,1-2H3,(H,39,45);1-2H3/t18-;/m1./s1. The van der Waals surface area contributed by atoms with Gasteiger partial charge in [-0.1, -0.05) is 31.5 Å². The number of hydrogen-bond donors (Lipinski definition) is 2. The molecule has 0 saturated carbocycles. The molecule has 0 unspecified atom stereocenters. The van der Waals surface area contributed by atoms with Crippen molar-refractivity contribution in [2.75, 3.05) is 31.6 Å². The summed E-state index contributed by atoms with van der Waals surface area (Å²) in [6.07, 6.45) is -1.29. The lowest BCUT2D eigenvalue weighted by Gasteiger charge is -2.33. The van der Waals surface area contributed by atoms with Crippen LogP contribution in [0, 0.1) is 6.92 Å². The van der Waals surface area contributed by atoms with Gasteiger partial charge in [0.15, 0.2) is 17.3 Å². The Labute approximate surface area is 301 Å². The summed E-state index contributed by atoms with van der Waals surface area (Å²) in [5, 5.41) is 16.9. The van der Waals surface area contributed by atoms with Crippen LogP contribution in [0.25, 0.3) is 11.4 Å². The summed E-state index contributed by atoms with van der Waals surface area (Å²) in [4.78, 5) is 53.8. The van der Waals surface area contributed by atoms with Gasteiger partial charge in [0.05, 0.1) is 53.1 Å². The SMILES string of the molecule is CC.Cc1ncnc(C(=O)N2CCC(O[C@H](C)c3cc(=O)n4nc(C5=CCOCC5)nc4n3CC(=O)Nc3ccc(C(F)(F)F)cc3Cl)CC2)c1O. The number of nitrogens with one attached hydrogen (secondary N) is 1. The number of amides is 2. The van der Waals surface area contributed by atoms with Crippen LogP contribution in [0.15, 0.2) is 41.5 Å². The van der Waals surface area contributed by atoms with Crippen LogP contribution in [0.1, 0.15) is 79.4 Å². The van der Waals surface area contributed by atoms with Gasteiger partial charge in [-0.05, 0) is 56.9 Å². The minimum Gasteiger partial charge on any atom is -0.504 e. The highest BCUT2D eigenvalue weighted by molar-refractivity contribution is 6.33. The first-order valence-corrected chi connectivity index (χ1v) is 17.1. The maximum absolute atomic E-state index is 13.4. The Kier molecular flexibility index (Phi) is 12.0. The highest BCUT2D eigenvalue weighted by atomic mass is 35.5. The van der Waals surface area contributed by atoms with Crippen LogP contribution < -0.4 is 10.9 Å². The van der Waals surface area contributed by atoms with Gasteiger partial charge in [0.2, 0.25) is 11.7 Å². The average Bonchev–Trinajstić information content (AvgIpc) is 3.59. The Bertz CT molecular complexity index is 2040. The van der Waals surface area contributed by atoms with Crippen molar-refractivity contribution in [3.8, 4) is 5.75 Å². The zero-order valence-electron chi connectivity index (χ0n) is 28.9. The molecule has 1 aromatic carbocycles. The van der Waals surface area contributed by atoms with Crippen LogP contribution in [0.3, 0.4) is 0 Å². The molecule has 2 amide bonds. The second-order valence-electron chi connectivity index (χ2n) is 11.9. The van der Waals surface area contributed by atoms with Crippen molar-refractivity contribution in [2.45, 2.75) is 71.9 Å². The normalized spacial score (nSPS) is 15.8. The number of anilines is 1. The molecule has 1 fully saturated rings. The summed E-state index contributed by atoms with van der Waals surface area (Å²) in [7, 11) is 0. The zero-order valence-corrected chi connectivity index (χ0v) is 29.7. The molecule has 52 heavy (non-hydrogen) atoms. The quantitative estimate of drug-likeness (QED) is 0.244. The van der Waals surface area contributed by atoms with E-state index in [-0.39, 0.29) is 39.9 Å². The Morgan fingerprint density at radius 2 is 1.90 bits per heavy atom. The first-order chi connectivity index (χ1) is 24.8. The Hall–Kier alpha value is -4.87. The molecule has 4 aromatic rings. The number of carbonyl (C=O) groups excluding carboxylic acids is 2. The lowest BCUT2D eigenvalue weighted by molar-refractivity contribution is -0.137. The fourth-order valence-electron chi connectivity index (χ4n) is 5.83. The van der Waals surface area contributed by atoms with E-state index in [9.17, 15) is 32.7 Å². The Morgan fingerprint density at radius 1 is 1.17 bits per heavy atom. The van der Waals surface area contributed by atoms with Gasteiger partial charge < -0.3 is 29.4 Å². The molecule has 2 aliphatic rings. The number of carbonyl (C=O) groups is 2. The fourth-order valence-corrected chi connectivity index (χ4v) is 6.05. The molecule has 3 aromatic heterocycles. The third-order valence-electron chi connectivity index (χ3n) is 8.50. The van der Waals surface area contributed by atoms with Crippen molar-refractivity contribution in [3.05, 3.63) is 80.5 Å². The van der Waals surface area contributed by atoms with Gasteiger partial charge >= 0.3 is 6.18 Å². The molecule has 0 spiro atoms. The largest absolute Gasteiger partial charge is 0.504 e. The number of nitrogens with zero attached hydrogens (tertiary/aromatic N) is 7. The first-order valence-electron chi connectivity index (χ1n) is 16.7. The summed E-state index contributed by atoms with van der Waals surface area (Å²) in [5.41, 5.74) is -0.234. The minimum absolute atomic E-state index is 0.0335. The molecular weight excluding hydrogens is 709 g/mol. The first kappa shape index (κ1) is 38.4. The summed E-state index contributed by atoms with van der Waals surface area (Å²) in [6, 6.07) is 3.89. The third kappa shape index (κ3) is 8.43. The Morgan fingerprint density at radius 3 is 2.56 bits per heavy atom. The maximum Gasteiger partial charge on any atom is 0.416 e. The molecule has 0 radical (unpaired) electrons. The van der Waals surface area contributed by atoms with Crippen LogP contribution in [-0.4, -0.2) is 83.4 Å². The fraction of sp³-hybridized carbons (Fsp3) is 0.441. The van der Waals surface area contributed by atoms with Crippen LogP contribution >= 0.6 is 11.6 Å². The molecule has 5 heterocycles. The number of rotatable bonds is 8. The number of halogens is 4. The van der Waals surface area contributed by atoms with Crippen LogP contribution in [0.2, 0.25) is 5.02 Å². The molecular formula is C34H38ClF3N8O6. The topological polar surface area (TPSA) is 166 Å². The van der Waals surface area contributed by atoms with Crippen LogP contribution in [0.5, 0.6) is 5.75 Å². The number of alkyl halides is 3. The van der Waals surface area contributed by atoms with Crippen molar-refractivity contribution in [2.24, 2.45) is 0 Å². The van der Waals surface area contributed by atoms with Crippen molar-refractivity contribution in [1.82, 2.24) is 34.0 Å². The van der Waals surface area contributed by atoms with Crippen molar-refractivity contribution < 1.29 is 37.3 Å². The van der Waals surface area contributed by atoms with Gasteiger partial charge in [0, 0.05) is 19.2 Å². The zero-order chi connectivity index (χ0) is 37.7. The third-order valence-corrected chi connectivity index (χ3v) is 8.81. The molecule has 1 atom stereocenters. The number of benzene rings is 1. The average molecular weight is 747 g/mol. The van der Waals surface area contributed by atoms with E-state index in [1.807, 2.05) is 19.9 Å². The Balaban J connectivity index is 0.00000257. The number of aromatic nitrogens is 6. The molecule has 6 rings (SSSR count). The smallest absolute Gasteiger partial charge is 0.416 e. The van der Waals surface area contributed by atoms with Crippen LogP contribution in [-0.2, 0) is 27.0 Å². The lowest BCUT2D eigenvalue weighted by Crippen LogP contribution is -2.41. The molecule has 2 aliphatic heterocycles. The summed E-state index contributed by atoms with van der Waals surface area (Å²) in [5.74, 6) is -1.01. The minimum atomic E-state index is -4.62. The highest BCUT2D eigenvalue weighted by Gasteiger charge is 2.32. The van der Waals surface area contributed by atoms with Crippen molar-refractivity contribution in [1.29, 1.82) is 0 Å². The number of ether oxygens (including phenoxy) is 2. The van der Waals surface area contributed by atoms with Gasteiger partial charge in [-0.3, -0.25) is 14.4 Å². The molecule has 14 nitrogen and oxygen atoms in total. The van der Waals surface area contributed by atoms with E-state index in [1.54, 1.807) is 18.7 Å². The lowest BCUT2D eigenvalue weighted by atomic mass is 10.1. The molecule has 0 bridgehead atoms. The van der Waals surface area contributed by atoms with E-state index >= 15 is 0 Å². The number of hydrogen-bond acceptors (Lipinski definition) is 10. The van der Waals surface area contributed by atoms with E-state index in [1.165, 1.54) is 17.0 Å². The van der Waals surface area contributed by atoms with E-state index in [0.717, 1.165) is 28.3 Å². The van der Waals surface area contributed by atoms with Crippen molar-refractivity contribution in [3.63, 3.8) is 0 Å². The van der Waals surface area contributed by atoms with Crippen molar-refractivity contribution >= 4 is 40.5 Å². The second-order valence-corrected chi connectivity index (χ2v) is 12.3. The van der Waals surface area contributed by atoms with Gasteiger partial charge in [0.1, 0.15) is 12.9 Å². The van der Waals surface area contributed by atoms with Gasteiger partial charge in [-0.15, -0.1) is 5.10 Å². The monoisotopic (exact) mass is 746 g/mol. The molecule has 0 aliphatic carbocycles. The van der Waals surface area contributed by atoms with E-state index in [4.69, 9.17) is 21.1 Å². The number of likely N-dealkylation sites (tertiary alicyclic amines) is 1. The van der Waals surface area contributed by atoms with Crippen LogP contribution in [0.4, 0.5) is 18.9 Å². The van der Waals surface area contributed by atoms with E-state index < -0.39 is 41.8 Å². The van der Waals surface area contributed by atoms with E-state index in [0.29, 0.717) is 57.0 Å². The summed E-state index contributed by atoms with van der Waals surface area (Å²) >= 11 is 6.09. The molecule has 278 valence electrons. The van der Waals surface area contributed by atoms with Gasteiger partial charge in [0.25, 0.3) is 11.5 Å². The predicted molar refractivity (Wildman–Crippen MR) is 184 cm³/mol. The number of fused-ring (bicyclic) bond motifs is 1. The number of aryl methyl sites for hydroxylation is 1. The number of aromatic hydroxyl groups is 1. The second kappa shape index (κ2) is 16.2. The van der Waals surface area contributed by atoms with E-state index in [2.05, 4.69) is 25.4 Å². The molecule has 2 N–H and O–H groups in total. The number of piperidine rings is 1. The molecule has 18 heteroatoms. The van der Waals surface area contributed by atoms with Gasteiger partial charge in [-0.25, -0.2) is 9.97 Å².